The number of carbonyl (C=O) groups is 1. The molecule has 3 aromatic rings. The van der Waals surface area contributed by atoms with Crippen molar-refractivity contribution in [2.24, 2.45) is 0 Å². The third-order valence-corrected chi connectivity index (χ3v) is 3.05. The topological polar surface area (TPSA) is 30.0 Å². The van der Waals surface area contributed by atoms with Gasteiger partial charge in [0.25, 0.3) is 0 Å². The first-order valence-corrected chi connectivity index (χ1v) is 6.00. The number of para-hydroxylation sites is 1. The highest BCUT2D eigenvalue weighted by molar-refractivity contribution is 6.15. The van der Waals surface area contributed by atoms with Gasteiger partial charge in [0.2, 0.25) is 0 Å². The van der Waals surface area contributed by atoms with E-state index in [4.69, 9.17) is 0 Å². The van der Waals surface area contributed by atoms with Gasteiger partial charge in [0.05, 0.1) is 11.1 Å². The number of halogens is 2. The lowest BCUT2D eigenvalue weighted by molar-refractivity contribution is 0.103. The van der Waals surface area contributed by atoms with Crippen molar-refractivity contribution in [3.63, 3.8) is 0 Å². The summed E-state index contributed by atoms with van der Waals surface area (Å²) in [7, 11) is 0. The Morgan fingerprint density at radius 3 is 2.60 bits per heavy atom. The van der Waals surface area contributed by atoms with Gasteiger partial charge in [-0.2, -0.15) is 0 Å². The number of pyridine rings is 1. The molecule has 0 aliphatic rings. The average molecular weight is 269 g/mol. The van der Waals surface area contributed by atoms with Crippen LogP contribution in [0.4, 0.5) is 8.78 Å². The molecule has 2 nitrogen and oxygen atoms in total. The summed E-state index contributed by atoms with van der Waals surface area (Å²) in [6.45, 7) is 0. The predicted octanol–water partition coefficient (Wildman–Crippen LogP) is 3.74. The van der Waals surface area contributed by atoms with Crippen molar-refractivity contribution in [3.05, 3.63) is 77.5 Å². The van der Waals surface area contributed by atoms with Crippen molar-refractivity contribution in [2.45, 2.75) is 0 Å². The number of benzene rings is 2. The summed E-state index contributed by atoms with van der Waals surface area (Å²) >= 11 is 0. The van der Waals surface area contributed by atoms with Crippen LogP contribution in [0, 0.1) is 11.6 Å². The number of aromatic nitrogens is 1. The maximum Gasteiger partial charge on any atom is 0.198 e. The quantitative estimate of drug-likeness (QED) is 0.663. The van der Waals surface area contributed by atoms with Gasteiger partial charge < -0.3 is 0 Å². The zero-order valence-corrected chi connectivity index (χ0v) is 10.3. The summed E-state index contributed by atoms with van der Waals surface area (Å²) in [5.41, 5.74) is 0.444. The second-order valence-electron chi connectivity index (χ2n) is 4.33. The van der Waals surface area contributed by atoms with Crippen LogP contribution in [0.25, 0.3) is 10.9 Å². The van der Waals surface area contributed by atoms with Crippen LogP contribution in [0.2, 0.25) is 0 Å². The van der Waals surface area contributed by atoms with E-state index in [2.05, 4.69) is 4.98 Å². The highest BCUT2D eigenvalue weighted by Crippen LogP contribution is 2.21. The third kappa shape index (κ3) is 2.05. The van der Waals surface area contributed by atoms with Gasteiger partial charge in [-0.25, -0.2) is 8.78 Å². The molecule has 3 rings (SSSR count). The van der Waals surface area contributed by atoms with Crippen LogP contribution >= 0.6 is 0 Å². The Morgan fingerprint density at radius 2 is 1.75 bits per heavy atom. The molecule has 0 aliphatic heterocycles. The highest BCUT2D eigenvalue weighted by Gasteiger charge is 2.17. The Morgan fingerprint density at radius 1 is 0.950 bits per heavy atom. The normalized spacial score (nSPS) is 10.7. The predicted molar refractivity (Wildman–Crippen MR) is 71.5 cm³/mol. The monoisotopic (exact) mass is 269 g/mol. The van der Waals surface area contributed by atoms with E-state index < -0.39 is 17.4 Å². The van der Waals surface area contributed by atoms with Crippen molar-refractivity contribution in [1.82, 2.24) is 4.98 Å². The van der Waals surface area contributed by atoms with Crippen LogP contribution in [0.3, 0.4) is 0 Å². The summed E-state index contributed by atoms with van der Waals surface area (Å²) < 4.78 is 26.9. The zero-order chi connectivity index (χ0) is 14.1. The van der Waals surface area contributed by atoms with Gasteiger partial charge in [-0.05, 0) is 30.3 Å². The van der Waals surface area contributed by atoms with Gasteiger partial charge in [0, 0.05) is 17.1 Å². The molecule has 1 aromatic heterocycles. The fourth-order valence-corrected chi connectivity index (χ4v) is 2.10. The van der Waals surface area contributed by atoms with Gasteiger partial charge >= 0.3 is 0 Å². The van der Waals surface area contributed by atoms with Gasteiger partial charge in [-0.15, -0.1) is 0 Å². The number of rotatable bonds is 2. The second-order valence-corrected chi connectivity index (χ2v) is 4.33. The number of fused-ring (bicyclic) bond motifs is 1. The molecule has 20 heavy (non-hydrogen) atoms. The number of nitrogens with zero attached hydrogens (tertiary/aromatic N) is 1. The lowest BCUT2D eigenvalue weighted by Gasteiger charge is -2.06. The van der Waals surface area contributed by atoms with Gasteiger partial charge in [-0.3, -0.25) is 9.78 Å². The number of carbonyl (C=O) groups excluding carboxylic acids is 1. The molecule has 0 spiro atoms. The first-order valence-electron chi connectivity index (χ1n) is 6.00. The molecule has 98 valence electrons. The maximum absolute atomic E-state index is 13.7. The fraction of sp³-hybridized carbons (Fsp3) is 0. The van der Waals surface area contributed by atoms with Crippen LogP contribution in [0.15, 0.2) is 54.7 Å². The van der Waals surface area contributed by atoms with Gasteiger partial charge in [-0.1, -0.05) is 18.2 Å². The van der Waals surface area contributed by atoms with Crippen LogP contribution in [-0.4, -0.2) is 10.8 Å². The summed E-state index contributed by atoms with van der Waals surface area (Å²) in [6, 6.07) is 11.4. The smallest absolute Gasteiger partial charge is 0.198 e. The first-order chi connectivity index (χ1) is 9.66. The van der Waals surface area contributed by atoms with Gasteiger partial charge in [0.1, 0.15) is 11.6 Å². The summed E-state index contributed by atoms with van der Waals surface area (Å²) in [4.78, 5) is 16.5. The molecule has 2 aromatic carbocycles. The number of ketones is 1. The Kier molecular flexibility index (Phi) is 2.99. The maximum atomic E-state index is 13.7. The zero-order valence-electron chi connectivity index (χ0n) is 10.3. The summed E-state index contributed by atoms with van der Waals surface area (Å²) in [5.74, 6) is -1.97. The number of hydrogen-bond acceptors (Lipinski definition) is 2. The van der Waals surface area contributed by atoms with Crippen LogP contribution in [0.1, 0.15) is 15.9 Å². The molecular weight excluding hydrogens is 260 g/mol. The van der Waals surface area contributed by atoms with Crippen molar-refractivity contribution in [1.29, 1.82) is 0 Å². The molecule has 0 saturated heterocycles. The minimum absolute atomic E-state index is 0.257. The molecule has 0 radical (unpaired) electrons. The summed E-state index contributed by atoms with van der Waals surface area (Å²) in [6.07, 6.45) is 1.56. The lowest BCUT2D eigenvalue weighted by atomic mass is 10.00. The number of hydrogen-bond donors (Lipinski definition) is 0. The molecule has 0 amide bonds. The van der Waals surface area contributed by atoms with Crippen LogP contribution in [0.5, 0.6) is 0 Å². The SMILES string of the molecule is O=C(c1cc(F)ccc1F)c1cccc2cccnc12. The van der Waals surface area contributed by atoms with E-state index in [0.29, 0.717) is 5.52 Å². The van der Waals surface area contributed by atoms with E-state index >= 15 is 0 Å². The Labute approximate surface area is 113 Å². The second kappa shape index (κ2) is 4.81. The van der Waals surface area contributed by atoms with E-state index in [1.54, 1.807) is 36.5 Å². The Hall–Kier alpha value is -2.62. The van der Waals surface area contributed by atoms with Crippen LogP contribution in [-0.2, 0) is 0 Å². The largest absolute Gasteiger partial charge is 0.288 e. The third-order valence-electron chi connectivity index (χ3n) is 3.05. The van der Waals surface area contributed by atoms with E-state index in [-0.39, 0.29) is 11.1 Å². The van der Waals surface area contributed by atoms with Gasteiger partial charge in [0.15, 0.2) is 5.78 Å². The molecule has 1 heterocycles. The van der Waals surface area contributed by atoms with E-state index in [0.717, 1.165) is 23.6 Å². The fourth-order valence-electron chi connectivity index (χ4n) is 2.10. The van der Waals surface area contributed by atoms with E-state index in [1.807, 2.05) is 0 Å². The van der Waals surface area contributed by atoms with Crippen molar-refractivity contribution >= 4 is 16.7 Å². The molecule has 0 aliphatic carbocycles. The van der Waals surface area contributed by atoms with Crippen molar-refractivity contribution in [2.75, 3.05) is 0 Å². The van der Waals surface area contributed by atoms with Crippen molar-refractivity contribution in [3.8, 4) is 0 Å². The highest BCUT2D eigenvalue weighted by atomic mass is 19.1. The minimum atomic E-state index is -0.746. The van der Waals surface area contributed by atoms with Crippen LogP contribution < -0.4 is 0 Å². The van der Waals surface area contributed by atoms with Crippen molar-refractivity contribution < 1.29 is 13.6 Å². The minimum Gasteiger partial charge on any atom is -0.288 e. The molecule has 0 saturated carbocycles. The first kappa shape index (κ1) is 12.4. The van der Waals surface area contributed by atoms with E-state index in [9.17, 15) is 13.6 Å². The molecule has 0 bridgehead atoms. The Bertz CT molecular complexity index is 809. The average Bonchev–Trinajstić information content (AvgIpc) is 2.48. The summed E-state index contributed by atoms with van der Waals surface area (Å²) in [5, 5.41) is 0.773. The van der Waals surface area contributed by atoms with E-state index in [1.165, 1.54) is 0 Å². The molecule has 0 fully saturated rings. The molecule has 0 atom stereocenters. The molecule has 0 unspecified atom stereocenters. The Balaban J connectivity index is 2.20. The molecule has 4 heteroatoms. The standard InChI is InChI=1S/C16H9F2NO/c17-11-6-7-14(18)13(9-11)16(20)12-5-1-3-10-4-2-8-19-15(10)12/h1-9H. The lowest BCUT2D eigenvalue weighted by Crippen LogP contribution is -2.06. The molecular formula is C16H9F2NO. The molecule has 0 N–H and O–H groups in total.